The molecule has 0 bridgehead atoms. The second-order valence-corrected chi connectivity index (χ2v) is 4.46. The monoisotopic (exact) mass is 286 g/mol. The number of ether oxygens (including phenoxy) is 1. The Morgan fingerprint density at radius 1 is 1.45 bits per heavy atom. The lowest BCUT2D eigenvalue weighted by molar-refractivity contribution is -0.387. The molecule has 0 radical (unpaired) electrons. The normalized spacial score (nSPS) is 18.9. The number of benzene rings is 1. The quantitative estimate of drug-likeness (QED) is 0.613. The standard InChI is InChI=1S/C12H12F2N2O4/c1-7-6-20-3-2-15(7)12(17)8-4-10(14)11(16(18)19)5-9(8)13/h4-5,7H,2-3,6H2,1H3/t7-/m1/s1. The summed E-state index contributed by atoms with van der Waals surface area (Å²) in [5.41, 5.74) is -1.50. The van der Waals surface area contributed by atoms with Gasteiger partial charge >= 0.3 is 5.69 Å². The molecule has 0 N–H and O–H groups in total. The van der Waals surface area contributed by atoms with Gasteiger partial charge in [-0.25, -0.2) is 4.39 Å². The first-order valence-electron chi connectivity index (χ1n) is 5.94. The van der Waals surface area contributed by atoms with E-state index in [0.29, 0.717) is 25.3 Å². The van der Waals surface area contributed by atoms with E-state index in [-0.39, 0.29) is 12.6 Å². The predicted octanol–water partition coefficient (Wildman–Crippen LogP) is 1.73. The molecule has 0 spiro atoms. The highest BCUT2D eigenvalue weighted by Crippen LogP contribution is 2.23. The molecule has 1 atom stereocenters. The average Bonchev–Trinajstić information content (AvgIpc) is 2.40. The van der Waals surface area contributed by atoms with Crippen molar-refractivity contribution in [2.24, 2.45) is 0 Å². The van der Waals surface area contributed by atoms with E-state index in [1.807, 2.05) is 0 Å². The Morgan fingerprint density at radius 3 is 2.75 bits per heavy atom. The van der Waals surface area contributed by atoms with E-state index >= 15 is 0 Å². The van der Waals surface area contributed by atoms with Crippen LogP contribution in [-0.4, -0.2) is 41.5 Å². The van der Waals surface area contributed by atoms with Crippen molar-refractivity contribution in [1.29, 1.82) is 0 Å². The molecule has 0 aromatic heterocycles. The molecule has 1 amide bonds. The molecule has 6 nitrogen and oxygen atoms in total. The maximum Gasteiger partial charge on any atom is 0.307 e. The molecular weight excluding hydrogens is 274 g/mol. The molecule has 1 aliphatic heterocycles. The number of amides is 1. The van der Waals surface area contributed by atoms with Crippen LogP contribution in [-0.2, 0) is 4.74 Å². The minimum absolute atomic E-state index is 0.262. The van der Waals surface area contributed by atoms with E-state index in [4.69, 9.17) is 4.74 Å². The molecule has 0 saturated carbocycles. The second kappa shape index (κ2) is 5.49. The number of morpholine rings is 1. The Kier molecular flexibility index (Phi) is 3.93. The number of carbonyl (C=O) groups is 1. The molecule has 1 saturated heterocycles. The first-order chi connectivity index (χ1) is 9.41. The highest BCUT2D eigenvalue weighted by molar-refractivity contribution is 5.95. The summed E-state index contributed by atoms with van der Waals surface area (Å²) < 4.78 is 32.4. The number of hydrogen-bond donors (Lipinski definition) is 0. The summed E-state index contributed by atoms with van der Waals surface area (Å²) in [6.07, 6.45) is 0. The molecule has 8 heteroatoms. The molecular formula is C12H12F2N2O4. The van der Waals surface area contributed by atoms with E-state index < -0.39 is 33.7 Å². The fraction of sp³-hybridized carbons (Fsp3) is 0.417. The van der Waals surface area contributed by atoms with Crippen molar-refractivity contribution in [3.8, 4) is 0 Å². The van der Waals surface area contributed by atoms with Crippen LogP contribution < -0.4 is 0 Å². The Labute approximate surface area is 113 Å². The number of carbonyl (C=O) groups excluding carboxylic acids is 1. The number of halogens is 2. The number of hydrogen-bond acceptors (Lipinski definition) is 4. The van der Waals surface area contributed by atoms with Crippen molar-refractivity contribution in [3.63, 3.8) is 0 Å². The van der Waals surface area contributed by atoms with Gasteiger partial charge in [-0.1, -0.05) is 0 Å². The molecule has 1 aliphatic rings. The van der Waals surface area contributed by atoms with Crippen LogP contribution in [0.15, 0.2) is 12.1 Å². The van der Waals surface area contributed by atoms with E-state index in [2.05, 4.69) is 0 Å². The van der Waals surface area contributed by atoms with Crippen LogP contribution in [0.2, 0.25) is 0 Å². The van der Waals surface area contributed by atoms with E-state index in [1.165, 1.54) is 4.90 Å². The van der Waals surface area contributed by atoms with Crippen LogP contribution in [0.4, 0.5) is 14.5 Å². The molecule has 1 heterocycles. The largest absolute Gasteiger partial charge is 0.377 e. The zero-order valence-corrected chi connectivity index (χ0v) is 10.6. The van der Waals surface area contributed by atoms with Gasteiger partial charge < -0.3 is 9.64 Å². The first kappa shape index (κ1) is 14.3. The summed E-state index contributed by atoms with van der Waals surface area (Å²) >= 11 is 0. The highest BCUT2D eigenvalue weighted by atomic mass is 19.1. The first-order valence-corrected chi connectivity index (χ1v) is 5.94. The number of nitro groups is 1. The maximum absolute atomic E-state index is 13.8. The maximum atomic E-state index is 13.8. The lowest BCUT2D eigenvalue weighted by atomic mass is 10.1. The number of nitrogens with zero attached hydrogens (tertiary/aromatic N) is 2. The summed E-state index contributed by atoms with van der Waals surface area (Å²) in [5, 5.41) is 10.5. The van der Waals surface area contributed by atoms with Gasteiger partial charge in [0.1, 0.15) is 5.82 Å². The van der Waals surface area contributed by atoms with E-state index in [1.54, 1.807) is 6.92 Å². The van der Waals surface area contributed by atoms with Crippen molar-refractivity contribution in [3.05, 3.63) is 39.4 Å². The molecule has 108 valence electrons. The Balaban J connectivity index is 2.35. The summed E-state index contributed by atoms with van der Waals surface area (Å²) in [5.74, 6) is -3.05. The fourth-order valence-electron chi connectivity index (χ4n) is 2.02. The Hall–Kier alpha value is -2.09. The van der Waals surface area contributed by atoms with Gasteiger partial charge in [-0.2, -0.15) is 4.39 Å². The summed E-state index contributed by atoms with van der Waals surface area (Å²) in [6.45, 7) is 2.60. The third-order valence-electron chi connectivity index (χ3n) is 3.09. The van der Waals surface area contributed by atoms with Crippen molar-refractivity contribution in [2.75, 3.05) is 19.8 Å². The molecule has 0 unspecified atom stereocenters. The summed E-state index contributed by atoms with van der Waals surface area (Å²) in [4.78, 5) is 23.0. The van der Waals surface area contributed by atoms with Crippen LogP contribution in [0, 0.1) is 21.7 Å². The van der Waals surface area contributed by atoms with Gasteiger partial charge in [-0.05, 0) is 13.0 Å². The van der Waals surface area contributed by atoms with Crippen molar-refractivity contribution in [1.82, 2.24) is 4.90 Å². The lowest BCUT2D eigenvalue weighted by Crippen LogP contribution is -2.47. The van der Waals surface area contributed by atoms with Crippen LogP contribution >= 0.6 is 0 Å². The SMILES string of the molecule is C[C@@H]1COCCN1C(=O)c1cc(F)c([N+](=O)[O-])cc1F. The zero-order chi connectivity index (χ0) is 14.9. The minimum atomic E-state index is -1.24. The van der Waals surface area contributed by atoms with E-state index in [9.17, 15) is 23.7 Å². The highest BCUT2D eigenvalue weighted by Gasteiger charge is 2.29. The molecule has 1 fully saturated rings. The predicted molar refractivity (Wildman–Crippen MR) is 64.3 cm³/mol. The third kappa shape index (κ3) is 2.60. The average molecular weight is 286 g/mol. The van der Waals surface area contributed by atoms with Crippen LogP contribution in [0.25, 0.3) is 0 Å². The second-order valence-electron chi connectivity index (χ2n) is 4.46. The smallest absolute Gasteiger partial charge is 0.307 e. The van der Waals surface area contributed by atoms with Crippen molar-refractivity contribution in [2.45, 2.75) is 13.0 Å². The van der Waals surface area contributed by atoms with Crippen molar-refractivity contribution < 1.29 is 23.2 Å². The molecule has 1 aromatic rings. The lowest BCUT2D eigenvalue weighted by Gasteiger charge is -2.33. The van der Waals surface area contributed by atoms with Crippen LogP contribution in [0.1, 0.15) is 17.3 Å². The van der Waals surface area contributed by atoms with Crippen LogP contribution in [0.3, 0.4) is 0 Å². The van der Waals surface area contributed by atoms with Gasteiger partial charge in [0, 0.05) is 6.54 Å². The van der Waals surface area contributed by atoms with E-state index in [0.717, 1.165) is 0 Å². The minimum Gasteiger partial charge on any atom is -0.377 e. The zero-order valence-electron chi connectivity index (χ0n) is 10.6. The Bertz CT molecular complexity index is 565. The van der Waals surface area contributed by atoms with Gasteiger partial charge in [-0.15, -0.1) is 0 Å². The molecule has 0 aliphatic carbocycles. The van der Waals surface area contributed by atoms with Gasteiger partial charge in [0.2, 0.25) is 5.82 Å². The molecule has 2 rings (SSSR count). The third-order valence-corrected chi connectivity index (χ3v) is 3.09. The molecule has 1 aromatic carbocycles. The fourth-order valence-corrected chi connectivity index (χ4v) is 2.02. The molecule has 20 heavy (non-hydrogen) atoms. The summed E-state index contributed by atoms with van der Waals surface area (Å²) in [7, 11) is 0. The van der Waals surface area contributed by atoms with Gasteiger partial charge in [0.25, 0.3) is 5.91 Å². The Morgan fingerprint density at radius 2 is 2.15 bits per heavy atom. The number of nitro benzene ring substituents is 1. The topological polar surface area (TPSA) is 72.7 Å². The van der Waals surface area contributed by atoms with Crippen LogP contribution in [0.5, 0.6) is 0 Å². The van der Waals surface area contributed by atoms with Crippen molar-refractivity contribution >= 4 is 11.6 Å². The number of rotatable bonds is 2. The summed E-state index contributed by atoms with van der Waals surface area (Å²) in [6, 6.07) is 0.722. The van der Waals surface area contributed by atoms with Gasteiger partial charge in [0.05, 0.1) is 35.8 Å². The van der Waals surface area contributed by atoms with Gasteiger partial charge in [-0.3, -0.25) is 14.9 Å². The van der Waals surface area contributed by atoms with Gasteiger partial charge in [0.15, 0.2) is 0 Å².